The largest absolute Gasteiger partial charge is 0.292 e. The fourth-order valence-electron chi connectivity index (χ4n) is 3.94. The van der Waals surface area contributed by atoms with Crippen molar-refractivity contribution in [2.75, 3.05) is 4.90 Å². The van der Waals surface area contributed by atoms with Crippen molar-refractivity contribution in [2.24, 2.45) is 0 Å². The molecule has 1 amide bonds. The van der Waals surface area contributed by atoms with Gasteiger partial charge in [0.2, 0.25) is 5.91 Å². The first kappa shape index (κ1) is 20.0. The van der Waals surface area contributed by atoms with Gasteiger partial charge in [0, 0.05) is 17.3 Å². The third kappa shape index (κ3) is 3.64. The Labute approximate surface area is 185 Å². The number of aryl methyl sites for hydroxylation is 1. The van der Waals surface area contributed by atoms with Crippen LogP contribution in [0.1, 0.15) is 42.3 Å². The summed E-state index contributed by atoms with van der Waals surface area (Å²) in [5, 5.41) is 12.1. The van der Waals surface area contributed by atoms with E-state index in [1.165, 1.54) is 10.4 Å². The minimum Gasteiger partial charge on any atom is -0.292 e. The van der Waals surface area contributed by atoms with Crippen molar-refractivity contribution in [3.8, 4) is 17.1 Å². The summed E-state index contributed by atoms with van der Waals surface area (Å²) in [7, 11) is 0. The lowest BCUT2D eigenvalue weighted by atomic mass is 9.97. The van der Waals surface area contributed by atoms with E-state index in [-0.39, 0.29) is 5.91 Å². The Hall–Kier alpha value is -3.94. The molecule has 0 saturated heterocycles. The summed E-state index contributed by atoms with van der Waals surface area (Å²) >= 11 is 0. The van der Waals surface area contributed by atoms with Crippen molar-refractivity contribution in [1.29, 1.82) is 0 Å². The van der Waals surface area contributed by atoms with E-state index < -0.39 is 0 Å². The van der Waals surface area contributed by atoms with Gasteiger partial charge >= 0.3 is 0 Å². The second-order valence-electron chi connectivity index (χ2n) is 8.23. The zero-order chi connectivity index (χ0) is 22.2. The molecule has 1 aliphatic rings. The van der Waals surface area contributed by atoms with Crippen LogP contribution in [0.4, 0.5) is 5.82 Å². The second-order valence-corrected chi connectivity index (χ2v) is 8.23. The molecule has 0 aliphatic carbocycles. The Morgan fingerprint density at radius 1 is 1.06 bits per heavy atom. The molecule has 0 saturated carbocycles. The highest BCUT2D eigenvalue weighted by atomic mass is 16.2. The van der Waals surface area contributed by atoms with Crippen LogP contribution in [0, 0.1) is 6.92 Å². The van der Waals surface area contributed by atoms with E-state index in [9.17, 15) is 4.79 Å². The molecule has 1 aliphatic heterocycles. The van der Waals surface area contributed by atoms with E-state index in [0.717, 1.165) is 22.4 Å². The molecule has 8 nitrogen and oxygen atoms in total. The Bertz CT molecular complexity index is 1290. The summed E-state index contributed by atoms with van der Waals surface area (Å²) in [4.78, 5) is 25.4. The predicted molar refractivity (Wildman–Crippen MR) is 120 cm³/mol. The fraction of sp³-hybridized carbons (Fsp3) is 0.250. The minimum atomic E-state index is 0.0289. The molecule has 5 rings (SSSR count). The van der Waals surface area contributed by atoms with Crippen LogP contribution < -0.4 is 4.90 Å². The monoisotopic (exact) mass is 425 g/mol. The molecule has 2 aromatic carbocycles. The Morgan fingerprint density at radius 3 is 2.56 bits per heavy atom. The van der Waals surface area contributed by atoms with Gasteiger partial charge in [0.1, 0.15) is 5.82 Å². The number of hydrogen-bond donors (Lipinski definition) is 0. The summed E-state index contributed by atoms with van der Waals surface area (Å²) in [6.45, 7) is 6.55. The van der Waals surface area contributed by atoms with Gasteiger partial charge in [0.25, 0.3) is 0 Å². The number of tetrazole rings is 1. The van der Waals surface area contributed by atoms with Crippen molar-refractivity contribution in [3.63, 3.8) is 0 Å². The maximum atomic E-state index is 12.8. The number of fused-ring (bicyclic) bond motifs is 1. The van der Waals surface area contributed by atoms with Crippen LogP contribution in [-0.2, 0) is 17.8 Å². The summed E-state index contributed by atoms with van der Waals surface area (Å²) in [6.07, 6.45) is 2.11. The summed E-state index contributed by atoms with van der Waals surface area (Å²) in [6, 6.07) is 15.9. The van der Waals surface area contributed by atoms with Crippen LogP contribution in [0.5, 0.6) is 0 Å². The molecular weight excluding hydrogens is 402 g/mol. The van der Waals surface area contributed by atoms with Crippen molar-refractivity contribution in [1.82, 2.24) is 30.2 Å². The lowest BCUT2D eigenvalue weighted by Gasteiger charge is -2.18. The van der Waals surface area contributed by atoms with E-state index in [0.29, 0.717) is 36.4 Å². The first-order chi connectivity index (χ1) is 15.5. The van der Waals surface area contributed by atoms with Crippen molar-refractivity contribution in [3.05, 3.63) is 77.2 Å². The molecule has 0 unspecified atom stereocenters. The molecule has 3 heterocycles. The molecule has 0 N–H and O–H groups in total. The summed E-state index contributed by atoms with van der Waals surface area (Å²) in [5.41, 5.74) is 4.87. The third-order valence-corrected chi connectivity index (χ3v) is 5.59. The molecule has 4 aromatic rings. The lowest BCUT2D eigenvalue weighted by Crippen LogP contribution is -2.26. The molecule has 0 spiro atoms. The predicted octanol–water partition coefficient (Wildman–Crippen LogP) is 3.64. The number of carbonyl (C=O) groups excluding carboxylic acids is 1. The highest BCUT2D eigenvalue weighted by Gasteiger charge is 2.30. The normalized spacial score (nSPS) is 13.1. The SMILES string of the molecule is Cc1nnn(-c2ccc(CN3C(=O)Cc4cnc(-c5ccccc5C(C)C)nc43)cc2)n1. The highest BCUT2D eigenvalue weighted by molar-refractivity contribution is 6.00. The standard InChI is InChI=1S/C24H23N7O/c1-15(2)20-6-4-5-7-21(20)23-25-13-18-12-22(32)30(24(18)26-23)14-17-8-10-19(11-9-17)31-28-16(3)27-29-31/h4-11,13,15H,12,14H2,1-3H3. The molecule has 32 heavy (non-hydrogen) atoms. The summed E-state index contributed by atoms with van der Waals surface area (Å²) in [5.74, 6) is 2.33. The van der Waals surface area contributed by atoms with Gasteiger partial charge in [-0.05, 0) is 41.3 Å². The maximum Gasteiger partial charge on any atom is 0.233 e. The first-order valence-corrected chi connectivity index (χ1v) is 10.6. The number of rotatable bonds is 5. The lowest BCUT2D eigenvalue weighted by molar-refractivity contribution is -0.117. The number of hydrogen-bond acceptors (Lipinski definition) is 6. The Balaban J connectivity index is 1.44. The fourth-order valence-corrected chi connectivity index (χ4v) is 3.94. The zero-order valence-corrected chi connectivity index (χ0v) is 18.2. The average molecular weight is 425 g/mol. The van der Waals surface area contributed by atoms with Crippen molar-refractivity contribution >= 4 is 11.7 Å². The van der Waals surface area contributed by atoms with Gasteiger partial charge in [-0.2, -0.15) is 0 Å². The number of carbonyl (C=O) groups is 1. The smallest absolute Gasteiger partial charge is 0.233 e. The number of benzene rings is 2. The summed E-state index contributed by atoms with van der Waals surface area (Å²) < 4.78 is 0. The van der Waals surface area contributed by atoms with Crippen LogP contribution in [-0.4, -0.2) is 36.1 Å². The molecule has 2 aromatic heterocycles. The molecule has 0 bridgehead atoms. The minimum absolute atomic E-state index is 0.0289. The van der Waals surface area contributed by atoms with Crippen molar-refractivity contribution in [2.45, 2.75) is 39.7 Å². The number of aromatic nitrogens is 6. The average Bonchev–Trinajstić information content (AvgIpc) is 3.37. The Morgan fingerprint density at radius 2 is 1.84 bits per heavy atom. The van der Waals surface area contributed by atoms with E-state index >= 15 is 0 Å². The zero-order valence-electron chi connectivity index (χ0n) is 18.2. The molecule has 0 radical (unpaired) electrons. The van der Waals surface area contributed by atoms with Gasteiger partial charge in [-0.15, -0.1) is 15.0 Å². The number of nitrogens with zero attached hydrogens (tertiary/aromatic N) is 7. The van der Waals surface area contributed by atoms with Gasteiger partial charge in [-0.3, -0.25) is 9.69 Å². The van der Waals surface area contributed by atoms with Gasteiger partial charge in [-0.25, -0.2) is 9.97 Å². The molecule has 0 atom stereocenters. The quantitative estimate of drug-likeness (QED) is 0.485. The van der Waals surface area contributed by atoms with E-state index in [1.807, 2.05) is 42.5 Å². The van der Waals surface area contributed by atoms with Crippen molar-refractivity contribution < 1.29 is 4.79 Å². The van der Waals surface area contributed by atoms with Gasteiger partial charge in [0.15, 0.2) is 11.6 Å². The third-order valence-electron chi connectivity index (χ3n) is 5.59. The molecular formula is C24H23N7O. The first-order valence-electron chi connectivity index (χ1n) is 10.6. The van der Waals surface area contributed by atoms with Gasteiger partial charge in [0.05, 0.1) is 18.7 Å². The molecule has 0 fully saturated rings. The van der Waals surface area contributed by atoms with Crippen LogP contribution >= 0.6 is 0 Å². The second kappa shape index (κ2) is 7.96. The topological polar surface area (TPSA) is 89.7 Å². The van der Waals surface area contributed by atoms with Crippen LogP contribution in [0.25, 0.3) is 17.1 Å². The van der Waals surface area contributed by atoms with E-state index in [2.05, 4.69) is 40.3 Å². The van der Waals surface area contributed by atoms with Gasteiger partial charge < -0.3 is 0 Å². The number of amides is 1. The van der Waals surface area contributed by atoms with E-state index in [4.69, 9.17) is 4.98 Å². The molecule has 160 valence electrons. The number of anilines is 1. The van der Waals surface area contributed by atoms with Gasteiger partial charge in [-0.1, -0.05) is 50.2 Å². The highest BCUT2D eigenvalue weighted by Crippen LogP contribution is 2.32. The van der Waals surface area contributed by atoms with Crippen LogP contribution in [0.3, 0.4) is 0 Å². The van der Waals surface area contributed by atoms with Crippen LogP contribution in [0.2, 0.25) is 0 Å². The Kier molecular flexibility index (Phi) is 4.97. The molecule has 8 heteroatoms. The van der Waals surface area contributed by atoms with Crippen LogP contribution in [0.15, 0.2) is 54.7 Å². The van der Waals surface area contributed by atoms with E-state index in [1.54, 1.807) is 18.0 Å². The maximum absolute atomic E-state index is 12.8.